The van der Waals surface area contributed by atoms with Gasteiger partial charge in [0.2, 0.25) is 0 Å². The van der Waals surface area contributed by atoms with Gasteiger partial charge in [-0.2, -0.15) is 0 Å². The maximum Gasteiger partial charge on any atom is 0.414 e. The van der Waals surface area contributed by atoms with Gasteiger partial charge in [-0.3, -0.25) is 0 Å². The molecule has 2 aromatic heterocycles. The van der Waals surface area contributed by atoms with Crippen molar-refractivity contribution in [1.82, 2.24) is 28.9 Å². The number of phenols is 2. The Morgan fingerprint density at radius 1 is 0.538 bits per heavy atom. The number of phenolic OH excluding ortho intramolecular Hbond substituents is 2. The summed E-state index contributed by atoms with van der Waals surface area (Å²) in [4.78, 5) is 33.2. The van der Waals surface area contributed by atoms with Crippen molar-refractivity contribution in [2.45, 2.75) is 64.5 Å². The molecule has 78 heavy (non-hydrogen) atoms. The molecule has 4 N–H and O–H groups in total. The second-order valence-corrected chi connectivity index (χ2v) is 20.7. The third kappa shape index (κ3) is 15.5. The number of nitrogens with zero attached hydrogens (tertiary/aromatic N) is 6. The van der Waals surface area contributed by atoms with Crippen LogP contribution >= 0.6 is 23.2 Å². The maximum absolute atomic E-state index is 13.5. The minimum absolute atomic E-state index is 0.236. The number of fused-ring (bicyclic) bond motifs is 2. The van der Waals surface area contributed by atoms with Gasteiger partial charge in [0.25, 0.3) is 0 Å². The van der Waals surface area contributed by atoms with Crippen LogP contribution in [0, 0.1) is 23.5 Å². The number of carbonyl (C=O) groups is 2. The molecule has 2 saturated heterocycles. The Morgan fingerprint density at radius 3 is 1.19 bits per heavy atom. The molecule has 410 valence electrons. The summed E-state index contributed by atoms with van der Waals surface area (Å²) >= 11 is 12.8. The van der Waals surface area contributed by atoms with E-state index in [2.05, 4.69) is 18.9 Å². The van der Waals surface area contributed by atoms with Crippen LogP contribution in [0.25, 0.3) is 22.1 Å². The topological polar surface area (TPSA) is 176 Å². The maximum atomic E-state index is 13.5. The first-order valence-corrected chi connectivity index (χ1v) is 26.8. The van der Waals surface area contributed by atoms with Gasteiger partial charge in [-0.05, 0) is 159 Å². The Bertz CT molecular complexity index is 3050. The van der Waals surface area contributed by atoms with Gasteiger partial charge < -0.3 is 48.8 Å². The Labute approximate surface area is 462 Å². The van der Waals surface area contributed by atoms with Gasteiger partial charge in [-0.15, -0.1) is 0 Å². The summed E-state index contributed by atoms with van der Waals surface area (Å²) in [6, 6.07) is 35.9. The number of aromatic nitrogens is 4. The molecule has 0 saturated carbocycles. The van der Waals surface area contributed by atoms with Crippen molar-refractivity contribution in [3.8, 4) is 23.0 Å². The molecule has 0 atom stereocenters. The van der Waals surface area contributed by atoms with E-state index in [1.807, 2.05) is 72.8 Å². The lowest BCUT2D eigenvalue weighted by Gasteiger charge is -2.32. The van der Waals surface area contributed by atoms with E-state index >= 15 is 0 Å². The van der Waals surface area contributed by atoms with E-state index in [0.717, 1.165) is 135 Å². The van der Waals surface area contributed by atoms with Gasteiger partial charge in [0.05, 0.1) is 46.3 Å². The molecule has 4 heterocycles. The van der Waals surface area contributed by atoms with E-state index in [4.69, 9.17) is 62.4 Å². The van der Waals surface area contributed by atoms with Crippen LogP contribution in [0.1, 0.15) is 59.6 Å². The average molecular weight is 1110 g/mol. The second kappa shape index (κ2) is 26.9. The lowest BCUT2D eigenvalue weighted by atomic mass is 9.93. The highest BCUT2D eigenvalue weighted by atomic mass is 35.5. The highest BCUT2D eigenvalue weighted by Crippen LogP contribution is 2.34. The molecule has 0 aliphatic carbocycles. The number of rotatable bonds is 16. The molecule has 0 unspecified atom stereocenters. The lowest BCUT2D eigenvalue weighted by molar-refractivity contribution is -0.159. The molecule has 0 bridgehead atoms. The number of hydrogen-bond donors (Lipinski definition) is 4. The van der Waals surface area contributed by atoms with Gasteiger partial charge in [-0.25, -0.2) is 28.3 Å². The van der Waals surface area contributed by atoms with Crippen molar-refractivity contribution in [3.05, 3.63) is 177 Å². The number of hydrogen-bond acceptors (Lipinski definition) is 10. The number of aromatic hydroxyl groups is 2. The molecule has 6 aromatic carbocycles. The van der Waals surface area contributed by atoms with Gasteiger partial charge in [-0.1, -0.05) is 71.7 Å². The van der Waals surface area contributed by atoms with Crippen molar-refractivity contribution in [1.29, 1.82) is 0 Å². The highest BCUT2D eigenvalue weighted by Gasteiger charge is 2.25. The molecule has 8 aromatic rings. The molecular weight excluding hydrogens is 1040 g/mol. The molecular formula is C60H64Cl2F2N6O8. The highest BCUT2D eigenvalue weighted by molar-refractivity contribution is 6.33. The summed E-state index contributed by atoms with van der Waals surface area (Å²) in [7, 11) is 3.23. The zero-order valence-corrected chi connectivity index (χ0v) is 45.1. The van der Waals surface area contributed by atoms with Crippen LogP contribution in [-0.4, -0.2) is 115 Å². The molecule has 2 aliphatic rings. The smallest absolute Gasteiger partial charge is 0.414 e. The van der Waals surface area contributed by atoms with E-state index in [1.165, 1.54) is 35.4 Å². The molecule has 0 amide bonds. The van der Waals surface area contributed by atoms with E-state index in [0.29, 0.717) is 58.0 Å². The monoisotopic (exact) mass is 1100 g/mol. The summed E-state index contributed by atoms with van der Waals surface area (Å²) < 4.78 is 42.3. The van der Waals surface area contributed by atoms with Crippen molar-refractivity contribution < 1.29 is 48.3 Å². The fourth-order valence-electron chi connectivity index (χ4n) is 10.1. The Kier molecular flexibility index (Phi) is 19.6. The molecule has 2 fully saturated rings. The van der Waals surface area contributed by atoms with E-state index in [9.17, 15) is 19.0 Å². The number of aliphatic carboxylic acids is 2. The van der Waals surface area contributed by atoms with E-state index < -0.39 is 11.9 Å². The van der Waals surface area contributed by atoms with Crippen LogP contribution in [0.4, 0.5) is 8.78 Å². The first kappa shape index (κ1) is 56.9. The fourth-order valence-corrected chi connectivity index (χ4v) is 10.6. The standard InChI is InChI=1S/2C29H31ClFN3O2.C2H2O4/c2*1-36-28-18-27-26(17-25(28)30)32-29(34(27)19-22-2-6-23(31)7-3-22)16-21-11-14-33(15-12-21)13-10-20-4-8-24(35)9-5-20;3-1(4)2(5)6/h2*2-9,17-18,21,35H,10-16,19H2,1H3;(H,3,4)(H,5,6). The third-order valence-corrected chi connectivity index (χ3v) is 15.1. The van der Waals surface area contributed by atoms with E-state index in [-0.39, 0.29) is 11.6 Å². The van der Waals surface area contributed by atoms with Crippen molar-refractivity contribution in [2.24, 2.45) is 11.8 Å². The average Bonchev–Trinajstić information content (AvgIpc) is 3.97. The SMILES string of the molecule is COc1cc2c(cc1Cl)nc(CC1CCN(CCc3ccc(O)cc3)CC1)n2Cc1ccc(F)cc1.COc1cc2c(cc1Cl)nc(CC1CCN(CCc3ccc(O)cc3)CC1)n2Cc1ccc(F)cc1.O=C(O)C(=O)O. The summed E-state index contributed by atoms with van der Waals surface area (Å²) in [5.41, 5.74) is 8.19. The third-order valence-electron chi connectivity index (χ3n) is 14.6. The zero-order valence-electron chi connectivity index (χ0n) is 43.6. The predicted octanol–water partition coefficient (Wildman–Crippen LogP) is 11.3. The van der Waals surface area contributed by atoms with Crippen LogP contribution in [0.2, 0.25) is 10.0 Å². The normalized spacial score (nSPS) is 14.4. The van der Waals surface area contributed by atoms with Crippen LogP contribution in [0.5, 0.6) is 23.0 Å². The van der Waals surface area contributed by atoms with Crippen molar-refractivity contribution in [3.63, 3.8) is 0 Å². The lowest BCUT2D eigenvalue weighted by Crippen LogP contribution is -2.36. The summed E-state index contributed by atoms with van der Waals surface area (Å²) in [6.07, 6.45) is 8.25. The predicted molar refractivity (Wildman–Crippen MR) is 298 cm³/mol. The molecule has 0 radical (unpaired) electrons. The van der Waals surface area contributed by atoms with Gasteiger partial charge >= 0.3 is 11.9 Å². The van der Waals surface area contributed by atoms with Gasteiger partial charge in [0, 0.05) is 51.2 Å². The molecule has 10 rings (SSSR count). The number of methoxy groups -OCH3 is 2. The van der Waals surface area contributed by atoms with Crippen LogP contribution < -0.4 is 9.47 Å². The first-order valence-electron chi connectivity index (χ1n) is 26.0. The molecule has 14 nitrogen and oxygen atoms in total. The van der Waals surface area contributed by atoms with Crippen LogP contribution in [0.3, 0.4) is 0 Å². The number of imidazole rings is 2. The van der Waals surface area contributed by atoms with Crippen LogP contribution in [0.15, 0.2) is 121 Å². The van der Waals surface area contributed by atoms with Crippen LogP contribution in [-0.2, 0) is 48.4 Å². The zero-order chi connectivity index (χ0) is 55.3. The van der Waals surface area contributed by atoms with Crippen molar-refractivity contribution in [2.75, 3.05) is 53.5 Å². The first-order chi connectivity index (χ1) is 37.6. The second-order valence-electron chi connectivity index (χ2n) is 19.9. The Morgan fingerprint density at radius 2 is 0.872 bits per heavy atom. The Balaban J connectivity index is 0.000000186. The van der Waals surface area contributed by atoms with Gasteiger partial charge in [0.15, 0.2) is 0 Å². The number of likely N-dealkylation sites (tertiary alicyclic amines) is 2. The number of ether oxygens (including phenoxy) is 2. The Hall–Kier alpha value is -7.24. The number of piperidine rings is 2. The summed E-state index contributed by atoms with van der Waals surface area (Å²) in [5, 5.41) is 34.8. The number of carboxylic acid groups (broad SMARTS) is 2. The molecule has 0 spiro atoms. The number of benzene rings is 6. The minimum Gasteiger partial charge on any atom is -0.508 e. The quantitative estimate of drug-likeness (QED) is 0.0675. The number of halogens is 4. The van der Waals surface area contributed by atoms with Crippen molar-refractivity contribution >= 4 is 57.2 Å². The van der Waals surface area contributed by atoms with Gasteiger partial charge in [0.1, 0.15) is 46.3 Å². The summed E-state index contributed by atoms with van der Waals surface area (Å²) in [6.45, 7) is 7.56. The minimum atomic E-state index is -1.82. The number of carboxylic acids is 2. The summed E-state index contributed by atoms with van der Waals surface area (Å²) in [5.74, 6) is 0.909. The largest absolute Gasteiger partial charge is 0.508 e. The molecule has 2 aliphatic heterocycles. The molecule has 18 heteroatoms. The fraction of sp³-hybridized carbons (Fsp3) is 0.333. The van der Waals surface area contributed by atoms with E-state index in [1.54, 1.807) is 38.5 Å².